The number of nitrogens with zero attached hydrogens (tertiary/aromatic N) is 1. The van der Waals surface area contributed by atoms with E-state index in [-0.39, 0.29) is 34.4 Å². The van der Waals surface area contributed by atoms with Crippen molar-refractivity contribution in [3.8, 4) is 5.75 Å². The van der Waals surface area contributed by atoms with Crippen molar-refractivity contribution in [3.63, 3.8) is 0 Å². The van der Waals surface area contributed by atoms with E-state index >= 15 is 0 Å². The first-order valence-electron chi connectivity index (χ1n) is 10.9. The highest BCUT2D eigenvalue weighted by Crippen LogP contribution is 2.45. The molecule has 1 unspecified atom stereocenters. The lowest BCUT2D eigenvalue weighted by atomic mass is 9.65. The van der Waals surface area contributed by atoms with Gasteiger partial charge in [0.2, 0.25) is 0 Å². The summed E-state index contributed by atoms with van der Waals surface area (Å²) in [7, 11) is 0. The number of aromatic amines is 1. The molecule has 3 amide bonds. The number of carbonyl (C=O) groups is 3. The molecule has 3 heterocycles. The smallest absolute Gasteiger partial charge is 0.265 e. The van der Waals surface area contributed by atoms with Gasteiger partial charge in [-0.1, -0.05) is 0 Å². The average molecular weight is 458 g/mol. The van der Waals surface area contributed by atoms with Gasteiger partial charge >= 0.3 is 0 Å². The number of benzene rings is 1. The third-order valence-electron chi connectivity index (χ3n) is 6.87. The SMILES string of the molecule is NC(=O)c1cc(C(=O)NCC2CN(C(=O)c3ccc(F)c(O)c3)CCC23CCOCC3)c[nH]1. The maximum absolute atomic E-state index is 13.4. The number of carbonyl (C=O) groups excluding carboxylic acids is 3. The van der Waals surface area contributed by atoms with Gasteiger partial charge in [0, 0.05) is 44.6 Å². The number of amides is 3. The Morgan fingerprint density at radius 3 is 2.64 bits per heavy atom. The van der Waals surface area contributed by atoms with Gasteiger partial charge in [-0.2, -0.15) is 0 Å². The van der Waals surface area contributed by atoms with Crippen LogP contribution in [0.2, 0.25) is 0 Å². The van der Waals surface area contributed by atoms with Gasteiger partial charge < -0.3 is 30.8 Å². The van der Waals surface area contributed by atoms with E-state index in [1.165, 1.54) is 18.3 Å². The van der Waals surface area contributed by atoms with Crippen molar-refractivity contribution < 1.29 is 28.6 Å². The molecular formula is C23H27FN4O5. The number of aromatic nitrogens is 1. The fraction of sp³-hybridized carbons (Fsp3) is 0.435. The number of hydrogen-bond acceptors (Lipinski definition) is 5. The zero-order valence-electron chi connectivity index (χ0n) is 18.1. The second-order valence-corrected chi connectivity index (χ2v) is 8.72. The molecular weight excluding hydrogens is 431 g/mol. The number of halogens is 1. The number of rotatable bonds is 5. The summed E-state index contributed by atoms with van der Waals surface area (Å²) in [6.07, 6.45) is 3.86. The molecule has 5 N–H and O–H groups in total. The van der Waals surface area contributed by atoms with Crippen LogP contribution in [0.4, 0.5) is 4.39 Å². The molecule has 4 rings (SSSR count). The van der Waals surface area contributed by atoms with Crippen molar-refractivity contribution in [2.45, 2.75) is 19.3 Å². The third kappa shape index (κ3) is 4.70. The molecule has 176 valence electrons. The van der Waals surface area contributed by atoms with E-state index in [1.54, 1.807) is 4.90 Å². The molecule has 0 aliphatic carbocycles. The van der Waals surface area contributed by atoms with Crippen LogP contribution in [-0.2, 0) is 4.74 Å². The maximum atomic E-state index is 13.4. The molecule has 2 aliphatic rings. The first-order chi connectivity index (χ1) is 15.8. The van der Waals surface area contributed by atoms with Gasteiger partial charge in [0.1, 0.15) is 5.69 Å². The Kier molecular flexibility index (Phi) is 6.37. The Balaban J connectivity index is 1.48. The predicted octanol–water partition coefficient (Wildman–Crippen LogP) is 1.65. The van der Waals surface area contributed by atoms with Crippen LogP contribution < -0.4 is 11.1 Å². The Hall–Kier alpha value is -3.40. The Bertz CT molecular complexity index is 1060. The monoisotopic (exact) mass is 458 g/mol. The molecule has 1 aromatic carbocycles. The molecule has 1 aromatic heterocycles. The minimum absolute atomic E-state index is 0.0216. The highest BCUT2D eigenvalue weighted by Gasteiger charge is 2.45. The normalized spacial score (nSPS) is 19.9. The number of nitrogens with two attached hydrogens (primary N) is 1. The number of hydrogen-bond donors (Lipinski definition) is 4. The quantitative estimate of drug-likeness (QED) is 0.540. The highest BCUT2D eigenvalue weighted by atomic mass is 19.1. The summed E-state index contributed by atoms with van der Waals surface area (Å²) in [5, 5.41) is 12.6. The summed E-state index contributed by atoms with van der Waals surface area (Å²) < 4.78 is 19.0. The molecule has 2 aliphatic heterocycles. The van der Waals surface area contributed by atoms with Crippen molar-refractivity contribution in [1.29, 1.82) is 0 Å². The predicted molar refractivity (Wildman–Crippen MR) is 116 cm³/mol. The van der Waals surface area contributed by atoms with E-state index < -0.39 is 17.5 Å². The summed E-state index contributed by atoms with van der Waals surface area (Å²) in [6.45, 7) is 2.54. The number of aromatic hydroxyl groups is 1. The molecule has 2 fully saturated rings. The van der Waals surface area contributed by atoms with Gasteiger partial charge in [-0.25, -0.2) is 4.39 Å². The van der Waals surface area contributed by atoms with Gasteiger partial charge in [-0.15, -0.1) is 0 Å². The molecule has 1 spiro atoms. The van der Waals surface area contributed by atoms with Crippen molar-refractivity contribution in [3.05, 3.63) is 53.1 Å². The number of nitrogens with one attached hydrogen (secondary N) is 2. The minimum atomic E-state index is -0.781. The first kappa shape index (κ1) is 22.8. The van der Waals surface area contributed by atoms with Crippen molar-refractivity contribution in [2.75, 3.05) is 32.8 Å². The summed E-state index contributed by atoms with van der Waals surface area (Å²) in [5.74, 6) is -2.65. The Morgan fingerprint density at radius 2 is 1.97 bits per heavy atom. The van der Waals surface area contributed by atoms with Gasteiger partial charge in [0.15, 0.2) is 11.6 Å². The summed E-state index contributed by atoms with van der Waals surface area (Å²) in [6, 6.07) is 4.96. The van der Waals surface area contributed by atoms with E-state index in [2.05, 4.69) is 10.3 Å². The zero-order chi connectivity index (χ0) is 23.6. The second kappa shape index (κ2) is 9.22. The highest BCUT2D eigenvalue weighted by molar-refractivity contribution is 5.98. The van der Waals surface area contributed by atoms with Crippen LogP contribution in [0, 0.1) is 17.2 Å². The van der Waals surface area contributed by atoms with Crippen LogP contribution in [0.1, 0.15) is 50.5 Å². The standard InChI is InChI=1S/C23H27FN4O5/c24-17-2-1-14(10-19(17)29)22(32)28-6-3-23(4-7-33-8-5-23)16(13-28)12-27-21(31)15-9-18(20(25)30)26-11-15/h1-2,9-11,16,26,29H,3-8,12-13H2,(H2,25,30)(H,27,31). The van der Waals surface area contributed by atoms with Crippen LogP contribution in [-0.4, -0.2) is 65.6 Å². The molecule has 33 heavy (non-hydrogen) atoms. The van der Waals surface area contributed by atoms with E-state index in [4.69, 9.17) is 10.5 Å². The Morgan fingerprint density at radius 1 is 1.21 bits per heavy atom. The van der Waals surface area contributed by atoms with Gasteiger partial charge in [0.05, 0.1) is 5.56 Å². The number of piperidine rings is 1. The summed E-state index contributed by atoms with van der Waals surface area (Å²) >= 11 is 0. The fourth-order valence-electron chi connectivity index (χ4n) is 4.83. The molecule has 1 atom stereocenters. The average Bonchev–Trinajstić information content (AvgIpc) is 3.31. The number of phenolic OH excluding ortho intramolecular Hbond substituents is 1. The molecule has 0 radical (unpaired) electrons. The fourth-order valence-corrected chi connectivity index (χ4v) is 4.83. The molecule has 10 heteroatoms. The van der Waals surface area contributed by atoms with Crippen molar-refractivity contribution in [2.24, 2.45) is 17.1 Å². The topological polar surface area (TPSA) is 138 Å². The first-order valence-corrected chi connectivity index (χ1v) is 10.9. The Labute approximate surface area is 190 Å². The molecule has 9 nitrogen and oxygen atoms in total. The molecule has 0 bridgehead atoms. The lowest BCUT2D eigenvalue weighted by Crippen LogP contribution is -2.54. The summed E-state index contributed by atoms with van der Waals surface area (Å²) in [5.41, 5.74) is 5.83. The number of likely N-dealkylation sites (tertiary alicyclic amines) is 1. The van der Waals surface area contributed by atoms with Gasteiger partial charge in [0.25, 0.3) is 17.7 Å². The molecule has 2 aromatic rings. The van der Waals surface area contributed by atoms with E-state index in [0.29, 0.717) is 38.4 Å². The lowest BCUT2D eigenvalue weighted by Gasteiger charge is -2.50. The van der Waals surface area contributed by atoms with Gasteiger partial charge in [-0.05, 0) is 54.9 Å². The zero-order valence-corrected chi connectivity index (χ0v) is 18.1. The van der Waals surface area contributed by atoms with Crippen molar-refractivity contribution >= 4 is 17.7 Å². The number of primary amides is 1. The minimum Gasteiger partial charge on any atom is -0.505 e. The van der Waals surface area contributed by atoms with E-state index in [9.17, 15) is 23.9 Å². The van der Waals surface area contributed by atoms with Crippen LogP contribution in [0.25, 0.3) is 0 Å². The molecule has 0 saturated carbocycles. The lowest BCUT2D eigenvalue weighted by molar-refractivity contribution is -0.0526. The number of H-pyrrole nitrogens is 1. The number of phenols is 1. The van der Waals surface area contributed by atoms with Crippen LogP contribution in [0.3, 0.4) is 0 Å². The third-order valence-corrected chi connectivity index (χ3v) is 6.87. The van der Waals surface area contributed by atoms with Crippen molar-refractivity contribution in [1.82, 2.24) is 15.2 Å². The molecule has 2 saturated heterocycles. The van der Waals surface area contributed by atoms with E-state index in [0.717, 1.165) is 31.4 Å². The van der Waals surface area contributed by atoms with Gasteiger partial charge in [-0.3, -0.25) is 14.4 Å². The van der Waals surface area contributed by atoms with Crippen LogP contribution in [0.15, 0.2) is 30.5 Å². The largest absolute Gasteiger partial charge is 0.505 e. The number of ether oxygens (including phenoxy) is 1. The maximum Gasteiger partial charge on any atom is 0.265 e. The van der Waals surface area contributed by atoms with Crippen LogP contribution >= 0.6 is 0 Å². The second-order valence-electron chi connectivity index (χ2n) is 8.72. The van der Waals surface area contributed by atoms with E-state index in [1.807, 2.05) is 0 Å². The summed E-state index contributed by atoms with van der Waals surface area (Å²) in [4.78, 5) is 41.3. The van der Waals surface area contributed by atoms with Crippen LogP contribution in [0.5, 0.6) is 5.75 Å².